The van der Waals surface area contributed by atoms with Crippen LogP contribution in [0.4, 0.5) is 5.69 Å². The van der Waals surface area contributed by atoms with E-state index >= 15 is 0 Å². The molecule has 1 amide bonds. The van der Waals surface area contributed by atoms with Gasteiger partial charge in [-0.25, -0.2) is 8.42 Å². The number of nitrogens with zero attached hydrogens (tertiary/aromatic N) is 1. The van der Waals surface area contributed by atoms with Crippen molar-refractivity contribution < 1.29 is 22.5 Å². The molecule has 1 heterocycles. The first-order valence-corrected chi connectivity index (χ1v) is 10.8. The predicted molar refractivity (Wildman–Crippen MR) is 112 cm³/mol. The lowest BCUT2D eigenvalue weighted by Crippen LogP contribution is -2.23. The zero-order valence-electron chi connectivity index (χ0n) is 16.9. The Morgan fingerprint density at radius 2 is 1.73 bits per heavy atom. The second-order valence-corrected chi connectivity index (χ2v) is 8.26. The van der Waals surface area contributed by atoms with Gasteiger partial charge in [0.05, 0.1) is 17.2 Å². The summed E-state index contributed by atoms with van der Waals surface area (Å²) in [5, 5.41) is 6.66. The van der Waals surface area contributed by atoms with E-state index in [1.807, 2.05) is 13.8 Å². The van der Waals surface area contributed by atoms with Gasteiger partial charge < -0.3 is 14.6 Å². The van der Waals surface area contributed by atoms with Crippen molar-refractivity contribution in [1.82, 2.24) is 10.5 Å². The zero-order valence-corrected chi connectivity index (χ0v) is 17.7. The van der Waals surface area contributed by atoms with E-state index in [1.165, 1.54) is 24.3 Å². The molecule has 0 atom stereocenters. The lowest BCUT2D eigenvalue weighted by molar-refractivity contribution is 0.0951. The zero-order chi connectivity index (χ0) is 21.7. The van der Waals surface area contributed by atoms with Gasteiger partial charge in [-0.3, -0.25) is 9.52 Å². The third kappa shape index (κ3) is 4.98. The van der Waals surface area contributed by atoms with Crippen LogP contribution in [0.25, 0.3) is 0 Å². The Labute approximate surface area is 175 Å². The van der Waals surface area contributed by atoms with Crippen LogP contribution in [-0.2, 0) is 16.6 Å². The van der Waals surface area contributed by atoms with E-state index in [4.69, 9.17) is 9.26 Å². The monoisotopic (exact) mass is 429 g/mol. The van der Waals surface area contributed by atoms with Gasteiger partial charge in [-0.05, 0) is 69.3 Å². The summed E-state index contributed by atoms with van der Waals surface area (Å²) < 4.78 is 38.0. The topological polar surface area (TPSA) is 111 Å². The number of ether oxygens (including phenoxy) is 1. The number of anilines is 1. The van der Waals surface area contributed by atoms with E-state index in [0.29, 0.717) is 35.9 Å². The number of rotatable bonds is 8. The molecule has 2 N–H and O–H groups in total. The van der Waals surface area contributed by atoms with Crippen LogP contribution >= 0.6 is 0 Å². The van der Waals surface area contributed by atoms with Gasteiger partial charge in [0.1, 0.15) is 11.5 Å². The number of carbonyl (C=O) groups is 1. The SMILES string of the molecule is CCOc1ccc(S(=O)(=O)Nc2ccc(C(=O)NCc3c(C)noc3C)cc2)cc1. The Kier molecular flexibility index (Phi) is 6.41. The first-order valence-electron chi connectivity index (χ1n) is 9.36. The minimum Gasteiger partial charge on any atom is -0.494 e. The summed E-state index contributed by atoms with van der Waals surface area (Å²) in [5.74, 6) is 0.978. The van der Waals surface area contributed by atoms with E-state index in [2.05, 4.69) is 15.2 Å². The van der Waals surface area contributed by atoms with Gasteiger partial charge in [0.25, 0.3) is 15.9 Å². The molecular weight excluding hydrogens is 406 g/mol. The van der Waals surface area contributed by atoms with E-state index in [1.54, 1.807) is 31.2 Å². The number of carbonyl (C=O) groups excluding carboxylic acids is 1. The number of hydrogen-bond acceptors (Lipinski definition) is 6. The van der Waals surface area contributed by atoms with Gasteiger partial charge in [0, 0.05) is 23.4 Å². The van der Waals surface area contributed by atoms with Crippen molar-refractivity contribution in [3.63, 3.8) is 0 Å². The van der Waals surface area contributed by atoms with Gasteiger partial charge in [0.2, 0.25) is 0 Å². The molecule has 8 nitrogen and oxygen atoms in total. The molecule has 0 aliphatic rings. The van der Waals surface area contributed by atoms with E-state index < -0.39 is 10.0 Å². The van der Waals surface area contributed by atoms with Gasteiger partial charge in [-0.2, -0.15) is 0 Å². The highest BCUT2D eigenvalue weighted by atomic mass is 32.2. The molecule has 0 aliphatic carbocycles. The summed E-state index contributed by atoms with van der Waals surface area (Å²) >= 11 is 0. The van der Waals surface area contributed by atoms with Crippen LogP contribution in [0.3, 0.4) is 0 Å². The summed E-state index contributed by atoms with van der Waals surface area (Å²) in [6, 6.07) is 12.3. The molecule has 0 saturated carbocycles. The second-order valence-electron chi connectivity index (χ2n) is 6.57. The Balaban J connectivity index is 1.64. The number of hydrogen-bond donors (Lipinski definition) is 2. The standard InChI is InChI=1S/C21H23N3O5S/c1-4-28-18-9-11-19(12-10-18)30(26,27)24-17-7-5-16(6-8-17)21(25)22-13-20-14(2)23-29-15(20)3/h5-12,24H,4,13H2,1-3H3,(H,22,25). The first-order chi connectivity index (χ1) is 14.3. The van der Waals surface area contributed by atoms with E-state index in [-0.39, 0.29) is 10.8 Å². The third-order valence-electron chi connectivity index (χ3n) is 4.45. The van der Waals surface area contributed by atoms with Crippen molar-refractivity contribution in [3.8, 4) is 5.75 Å². The van der Waals surface area contributed by atoms with E-state index in [9.17, 15) is 13.2 Å². The summed E-state index contributed by atoms with van der Waals surface area (Å²) in [6.45, 7) is 6.25. The largest absolute Gasteiger partial charge is 0.494 e. The Morgan fingerprint density at radius 1 is 1.07 bits per heavy atom. The molecule has 0 fully saturated rings. The van der Waals surface area contributed by atoms with E-state index in [0.717, 1.165) is 11.3 Å². The Bertz CT molecular complexity index is 1100. The number of amides is 1. The Morgan fingerprint density at radius 3 is 2.30 bits per heavy atom. The van der Waals surface area contributed by atoms with Crippen molar-refractivity contribution in [3.05, 3.63) is 71.1 Å². The molecule has 158 valence electrons. The molecule has 0 saturated heterocycles. The summed E-state index contributed by atoms with van der Waals surface area (Å²) in [7, 11) is -3.75. The molecule has 0 aliphatic heterocycles. The minimum atomic E-state index is -3.75. The van der Waals surface area contributed by atoms with Crippen molar-refractivity contribution in [1.29, 1.82) is 0 Å². The van der Waals surface area contributed by atoms with Gasteiger partial charge in [-0.1, -0.05) is 5.16 Å². The maximum absolute atomic E-state index is 12.5. The summed E-state index contributed by atoms with van der Waals surface area (Å²) in [4.78, 5) is 12.5. The molecule has 0 radical (unpaired) electrons. The number of nitrogens with one attached hydrogen (secondary N) is 2. The van der Waals surface area contributed by atoms with Crippen LogP contribution < -0.4 is 14.8 Å². The number of sulfonamides is 1. The van der Waals surface area contributed by atoms with Crippen molar-refractivity contribution >= 4 is 21.6 Å². The lowest BCUT2D eigenvalue weighted by Gasteiger charge is -2.10. The molecule has 3 aromatic rings. The van der Waals surface area contributed by atoms with Gasteiger partial charge in [-0.15, -0.1) is 0 Å². The predicted octanol–water partition coefficient (Wildman–Crippen LogP) is 3.42. The van der Waals surface area contributed by atoms with Crippen molar-refractivity contribution in [2.24, 2.45) is 0 Å². The molecule has 1 aromatic heterocycles. The number of benzene rings is 2. The molecule has 9 heteroatoms. The smallest absolute Gasteiger partial charge is 0.261 e. The molecular formula is C21H23N3O5S. The highest BCUT2D eigenvalue weighted by Gasteiger charge is 2.15. The fraction of sp³-hybridized carbons (Fsp3) is 0.238. The number of aryl methyl sites for hydroxylation is 2. The quantitative estimate of drug-likeness (QED) is 0.568. The lowest BCUT2D eigenvalue weighted by atomic mass is 10.1. The molecule has 0 bridgehead atoms. The van der Waals surface area contributed by atoms with Crippen LogP contribution in [0.2, 0.25) is 0 Å². The van der Waals surface area contributed by atoms with Crippen LogP contribution in [0.1, 0.15) is 34.3 Å². The van der Waals surface area contributed by atoms with Crippen LogP contribution in [0.15, 0.2) is 57.9 Å². The highest BCUT2D eigenvalue weighted by molar-refractivity contribution is 7.92. The average Bonchev–Trinajstić information content (AvgIpc) is 3.04. The molecule has 0 spiro atoms. The molecule has 0 unspecified atom stereocenters. The van der Waals surface area contributed by atoms with Crippen molar-refractivity contribution in [2.75, 3.05) is 11.3 Å². The first kappa shape index (κ1) is 21.4. The average molecular weight is 429 g/mol. The molecule has 2 aromatic carbocycles. The van der Waals surface area contributed by atoms with Crippen LogP contribution in [0, 0.1) is 13.8 Å². The van der Waals surface area contributed by atoms with Crippen LogP contribution in [-0.4, -0.2) is 26.1 Å². The Hall–Kier alpha value is -3.33. The molecule has 30 heavy (non-hydrogen) atoms. The van der Waals surface area contributed by atoms with Crippen LogP contribution in [0.5, 0.6) is 5.75 Å². The minimum absolute atomic E-state index is 0.118. The third-order valence-corrected chi connectivity index (χ3v) is 5.85. The highest BCUT2D eigenvalue weighted by Crippen LogP contribution is 2.20. The maximum atomic E-state index is 12.5. The van der Waals surface area contributed by atoms with Crippen molar-refractivity contribution in [2.45, 2.75) is 32.2 Å². The molecule has 3 rings (SSSR count). The summed E-state index contributed by atoms with van der Waals surface area (Å²) in [6.07, 6.45) is 0. The fourth-order valence-electron chi connectivity index (χ4n) is 2.81. The van der Waals surface area contributed by atoms with Gasteiger partial charge >= 0.3 is 0 Å². The fourth-order valence-corrected chi connectivity index (χ4v) is 3.87. The summed E-state index contributed by atoms with van der Waals surface area (Å²) in [5.41, 5.74) is 2.33. The number of aromatic nitrogens is 1. The second kappa shape index (κ2) is 9.00. The van der Waals surface area contributed by atoms with Gasteiger partial charge in [0.15, 0.2) is 0 Å². The normalized spacial score (nSPS) is 11.2. The maximum Gasteiger partial charge on any atom is 0.261 e.